The van der Waals surface area contributed by atoms with E-state index in [9.17, 15) is 0 Å². The molecule has 2 aliphatic rings. The molecule has 0 saturated carbocycles. The zero-order chi connectivity index (χ0) is 12.7. The largest absolute Gasteiger partial charge is 0.378 e. The Morgan fingerprint density at radius 3 is 3.11 bits per heavy atom. The van der Waals surface area contributed by atoms with E-state index >= 15 is 0 Å². The minimum atomic E-state index is 0.0421. The number of nitrogens with zero attached hydrogens (tertiary/aromatic N) is 4. The molecule has 2 aromatic rings. The van der Waals surface area contributed by atoms with Gasteiger partial charge in [0.05, 0.1) is 19.3 Å². The zero-order valence-corrected chi connectivity index (χ0v) is 11.2. The summed E-state index contributed by atoms with van der Waals surface area (Å²) in [6, 6.07) is 0.165. The fourth-order valence-electron chi connectivity index (χ4n) is 2.49. The standard InChI is InChI=1S/C11H15N5O2S/c1-2-8(18-4-1)9-13-14-11-16(9)15-10(19-11)7-6-17-5-3-12-7/h7-8,12H,1-6H2. The quantitative estimate of drug-likeness (QED) is 0.873. The van der Waals surface area contributed by atoms with Crippen LogP contribution >= 0.6 is 11.3 Å². The first-order valence-electron chi connectivity index (χ1n) is 6.56. The van der Waals surface area contributed by atoms with Gasteiger partial charge in [0.1, 0.15) is 11.1 Å². The predicted molar refractivity (Wildman–Crippen MR) is 68.1 cm³/mol. The van der Waals surface area contributed by atoms with Crippen molar-refractivity contribution in [3.8, 4) is 0 Å². The van der Waals surface area contributed by atoms with Crippen molar-refractivity contribution in [3.05, 3.63) is 10.8 Å². The predicted octanol–water partition coefficient (Wildman–Crippen LogP) is 0.698. The van der Waals surface area contributed by atoms with Crippen LogP contribution in [0.5, 0.6) is 0 Å². The number of aromatic nitrogens is 4. The minimum absolute atomic E-state index is 0.0421. The van der Waals surface area contributed by atoms with Gasteiger partial charge in [0.2, 0.25) is 4.96 Å². The van der Waals surface area contributed by atoms with Crippen molar-refractivity contribution in [1.82, 2.24) is 25.1 Å². The van der Waals surface area contributed by atoms with Crippen LogP contribution in [0.3, 0.4) is 0 Å². The normalized spacial score (nSPS) is 28.2. The summed E-state index contributed by atoms with van der Waals surface area (Å²) in [4.78, 5) is 0.827. The number of hydrogen-bond acceptors (Lipinski definition) is 7. The molecule has 19 heavy (non-hydrogen) atoms. The molecule has 4 rings (SSSR count). The van der Waals surface area contributed by atoms with E-state index in [1.807, 2.05) is 4.52 Å². The van der Waals surface area contributed by atoms with Gasteiger partial charge in [-0.2, -0.15) is 9.61 Å². The van der Waals surface area contributed by atoms with Gasteiger partial charge in [-0.25, -0.2) is 0 Å². The molecule has 8 heteroatoms. The van der Waals surface area contributed by atoms with Gasteiger partial charge in [-0.15, -0.1) is 10.2 Å². The van der Waals surface area contributed by atoms with Crippen LogP contribution in [0.15, 0.2) is 0 Å². The highest BCUT2D eigenvalue weighted by molar-refractivity contribution is 7.16. The molecule has 102 valence electrons. The van der Waals surface area contributed by atoms with Gasteiger partial charge in [-0.1, -0.05) is 11.3 Å². The van der Waals surface area contributed by atoms with Crippen molar-refractivity contribution in [2.45, 2.75) is 25.0 Å². The van der Waals surface area contributed by atoms with E-state index in [0.29, 0.717) is 6.61 Å². The Hall–Kier alpha value is -1.09. The molecule has 0 spiro atoms. The maximum Gasteiger partial charge on any atom is 0.234 e. The van der Waals surface area contributed by atoms with Gasteiger partial charge >= 0.3 is 0 Å². The number of hydrogen-bond donors (Lipinski definition) is 1. The second kappa shape index (κ2) is 4.78. The molecule has 7 nitrogen and oxygen atoms in total. The topological polar surface area (TPSA) is 73.6 Å². The molecule has 2 saturated heterocycles. The molecule has 2 unspecified atom stereocenters. The Morgan fingerprint density at radius 1 is 1.32 bits per heavy atom. The third kappa shape index (κ3) is 2.04. The molecular weight excluding hydrogens is 266 g/mol. The summed E-state index contributed by atoms with van der Waals surface area (Å²) in [6.07, 6.45) is 2.12. The maximum absolute atomic E-state index is 5.66. The smallest absolute Gasteiger partial charge is 0.234 e. The summed E-state index contributed by atoms with van der Waals surface area (Å²) in [5, 5.41) is 17.4. The second-order valence-electron chi connectivity index (χ2n) is 4.78. The number of fused-ring (bicyclic) bond motifs is 1. The highest BCUT2D eigenvalue weighted by Crippen LogP contribution is 2.29. The fourth-order valence-corrected chi connectivity index (χ4v) is 3.40. The summed E-state index contributed by atoms with van der Waals surface area (Å²) in [6.45, 7) is 3.10. The lowest BCUT2D eigenvalue weighted by molar-refractivity contribution is 0.0763. The molecule has 1 N–H and O–H groups in total. The zero-order valence-electron chi connectivity index (χ0n) is 10.4. The third-order valence-corrected chi connectivity index (χ3v) is 4.48. The average molecular weight is 281 g/mol. The Kier molecular flexibility index (Phi) is 2.95. The molecule has 0 radical (unpaired) electrons. The Labute approximate surface area is 113 Å². The molecule has 2 aromatic heterocycles. The first kappa shape index (κ1) is 11.7. The molecule has 4 heterocycles. The van der Waals surface area contributed by atoms with Crippen LogP contribution in [0.1, 0.15) is 35.8 Å². The monoisotopic (exact) mass is 281 g/mol. The number of rotatable bonds is 2. The van der Waals surface area contributed by atoms with Gasteiger partial charge in [-0.3, -0.25) is 0 Å². The summed E-state index contributed by atoms with van der Waals surface area (Å²) in [5.41, 5.74) is 0. The molecule has 2 atom stereocenters. The van der Waals surface area contributed by atoms with Crippen LogP contribution in [0.25, 0.3) is 4.96 Å². The van der Waals surface area contributed by atoms with Crippen LogP contribution < -0.4 is 5.32 Å². The van der Waals surface area contributed by atoms with Crippen molar-refractivity contribution in [1.29, 1.82) is 0 Å². The van der Waals surface area contributed by atoms with E-state index in [4.69, 9.17) is 9.47 Å². The molecule has 0 aliphatic carbocycles. The fraction of sp³-hybridized carbons (Fsp3) is 0.727. The van der Waals surface area contributed by atoms with Crippen LogP contribution in [-0.4, -0.2) is 46.2 Å². The van der Waals surface area contributed by atoms with Gasteiger partial charge in [-0.05, 0) is 12.8 Å². The van der Waals surface area contributed by atoms with E-state index in [2.05, 4.69) is 20.6 Å². The lowest BCUT2D eigenvalue weighted by Crippen LogP contribution is -2.34. The lowest BCUT2D eigenvalue weighted by Gasteiger charge is -2.21. The highest BCUT2D eigenvalue weighted by Gasteiger charge is 2.26. The Bertz CT molecular complexity index is 571. The number of morpholine rings is 1. The highest BCUT2D eigenvalue weighted by atomic mass is 32.1. The van der Waals surface area contributed by atoms with Crippen molar-refractivity contribution in [2.24, 2.45) is 0 Å². The average Bonchev–Trinajstić information content (AvgIpc) is 3.15. The van der Waals surface area contributed by atoms with E-state index in [-0.39, 0.29) is 12.1 Å². The first-order chi connectivity index (χ1) is 9.42. The number of nitrogens with one attached hydrogen (secondary N) is 1. The molecule has 2 fully saturated rings. The Balaban J connectivity index is 1.67. The molecule has 0 bridgehead atoms. The van der Waals surface area contributed by atoms with Crippen molar-refractivity contribution < 1.29 is 9.47 Å². The molecule has 0 aromatic carbocycles. The SMILES string of the molecule is C1COC(c2nnc3sc(C4COCCN4)nn23)C1. The van der Waals surface area contributed by atoms with Crippen molar-refractivity contribution in [3.63, 3.8) is 0 Å². The Morgan fingerprint density at radius 2 is 2.32 bits per heavy atom. The van der Waals surface area contributed by atoms with Crippen LogP contribution in [-0.2, 0) is 9.47 Å². The van der Waals surface area contributed by atoms with Crippen LogP contribution in [0.4, 0.5) is 0 Å². The van der Waals surface area contributed by atoms with Gasteiger partial charge in [0.15, 0.2) is 5.82 Å². The summed E-state index contributed by atoms with van der Waals surface area (Å²) in [5.74, 6) is 0.826. The number of ether oxygens (including phenoxy) is 2. The summed E-state index contributed by atoms with van der Waals surface area (Å²) < 4.78 is 13.0. The molecule has 0 amide bonds. The van der Waals surface area contributed by atoms with E-state index in [1.165, 1.54) is 0 Å². The lowest BCUT2D eigenvalue weighted by atomic mass is 10.2. The maximum atomic E-state index is 5.66. The van der Waals surface area contributed by atoms with Crippen LogP contribution in [0.2, 0.25) is 0 Å². The van der Waals surface area contributed by atoms with E-state index in [1.54, 1.807) is 11.3 Å². The van der Waals surface area contributed by atoms with Gasteiger partial charge < -0.3 is 14.8 Å². The van der Waals surface area contributed by atoms with Crippen molar-refractivity contribution in [2.75, 3.05) is 26.4 Å². The van der Waals surface area contributed by atoms with Crippen molar-refractivity contribution >= 4 is 16.3 Å². The summed E-state index contributed by atoms with van der Waals surface area (Å²) in [7, 11) is 0. The first-order valence-corrected chi connectivity index (χ1v) is 7.38. The van der Waals surface area contributed by atoms with E-state index < -0.39 is 0 Å². The van der Waals surface area contributed by atoms with Gasteiger partial charge in [0.25, 0.3) is 0 Å². The molecular formula is C11H15N5O2S. The van der Waals surface area contributed by atoms with Crippen LogP contribution in [0, 0.1) is 0 Å². The van der Waals surface area contributed by atoms with Gasteiger partial charge in [0, 0.05) is 13.2 Å². The summed E-state index contributed by atoms with van der Waals surface area (Å²) >= 11 is 1.56. The molecule has 2 aliphatic heterocycles. The minimum Gasteiger partial charge on any atom is -0.378 e. The van der Waals surface area contributed by atoms with E-state index in [0.717, 1.165) is 48.4 Å². The third-order valence-electron chi connectivity index (χ3n) is 3.47. The second-order valence-corrected chi connectivity index (χ2v) is 5.76.